The first-order valence-corrected chi connectivity index (χ1v) is 5.14. The van der Waals surface area contributed by atoms with Gasteiger partial charge in [0, 0.05) is 6.54 Å². The molecular formula is C11H8F7NO. The molecule has 20 heavy (non-hydrogen) atoms. The highest BCUT2D eigenvalue weighted by atomic mass is 19.4. The minimum Gasteiger partial charge on any atom is -0.347 e. The lowest BCUT2D eigenvalue weighted by Crippen LogP contribution is -2.59. The molecule has 0 aromatic heterocycles. The smallest absolute Gasteiger partial charge is 0.347 e. The zero-order valence-electron chi connectivity index (χ0n) is 9.65. The lowest BCUT2D eigenvalue weighted by molar-refractivity contribution is -0.344. The Morgan fingerprint density at radius 2 is 1.45 bits per heavy atom. The molecule has 0 radical (unpaired) electrons. The van der Waals surface area contributed by atoms with Gasteiger partial charge in [-0.05, 0) is 5.56 Å². The number of hydrogen-bond donors (Lipinski definition) is 1. The molecule has 0 aliphatic heterocycles. The first-order chi connectivity index (χ1) is 9.00. The van der Waals surface area contributed by atoms with Crippen molar-refractivity contribution in [1.82, 2.24) is 5.32 Å². The summed E-state index contributed by atoms with van der Waals surface area (Å²) in [6, 6.07) is 7.27. The van der Waals surface area contributed by atoms with Crippen LogP contribution in [-0.2, 0) is 11.3 Å². The van der Waals surface area contributed by atoms with Crippen molar-refractivity contribution >= 4 is 5.91 Å². The number of rotatable bonds is 4. The van der Waals surface area contributed by atoms with E-state index in [2.05, 4.69) is 0 Å². The van der Waals surface area contributed by atoms with E-state index in [-0.39, 0.29) is 5.56 Å². The predicted octanol–water partition coefficient (Wildman–Crippen LogP) is 3.14. The van der Waals surface area contributed by atoms with Gasteiger partial charge in [-0.3, -0.25) is 4.79 Å². The van der Waals surface area contributed by atoms with Gasteiger partial charge < -0.3 is 5.32 Å². The molecular weight excluding hydrogens is 295 g/mol. The molecule has 0 atom stereocenters. The second-order valence-corrected chi connectivity index (χ2v) is 3.81. The van der Waals surface area contributed by atoms with Crippen LogP contribution in [-0.4, -0.2) is 23.9 Å². The van der Waals surface area contributed by atoms with Crippen molar-refractivity contribution in [2.24, 2.45) is 0 Å². The zero-order chi connectivity index (χ0) is 15.6. The Balaban J connectivity index is 2.80. The Kier molecular flexibility index (Phi) is 4.30. The Morgan fingerprint density at radius 1 is 0.950 bits per heavy atom. The fraction of sp³-hybridized carbons (Fsp3) is 0.364. The SMILES string of the molecule is O=C(NCc1ccccc1)C(F)(F)C(F)(F)C(F)(F)F. The lowest BCUT2D eigenvalue weighted by atomic mass is 10.1. The molecule has 0 aliphatic carbocycles. The molecule has 1 rings (SSSR count). The monoisotopic (exact) mass is 303 g/mol. The average molecular weight is 303 g/mol. The normalized spacial score (nSPS) is 13.2. The van der Waals surface area contributed by atoms with E-state index in [1.54, 1.807) is 6.07 Å². The van der Waals surface area contributed by atoms with E-state index in [0.29, 0.717) is 0 Å². The molecule has 0 saturated carbocycles. The first-order valence-electron chi connectivity index (χ1n) is 5.14. The molecule has 1 aromatic rings. The summed E-state index contributed by atoms with van der Waals surface area (Å²) in [5, 5.41) is 1.35. The molecule has 1 amide bonds. The van der Waals surface area contributed by atoms with Crippen LogP contribution in [0.4, 0.5) is 30.7 Å². The minimum absolute atomic E-state index is 0.270. The summed E-state index contributed by atoms with van der Waals surface area (Å²) in [5.74, 6) is -15.0. The maximum atomic E-state index is 12.9. The van der Waals surface area contributed by atoms with Gasteiger partial charge in [-0.2, -0.15) is 30.7 Å². The third-order valence-electron chi connectivity index (χ3n) is 2.33. The number of carbonyl (C=O) groups excluding carboxylic acids is 1. The minimum atomic E-state index is -6.53. The van der Waals surface area contributed by atoms with Crippen molar-refractivity contribution in [2.45, 2.75) is 24.6 Å². The number of hydrogen-bond acceptors (Lipinski definition) is 1. The maximum absolute atomic E-state index is 12.9. The van der Waals surface area contributed by atoms with E-state index in [1.807, 2.05) is 0 Å². The first kappa shape index (κ1) is 16.3. The fourth-order valence-electron chi connectivity index (χ4n) is 1.21. The quantitative estimate of drug-likeness (QED) is 0.851. The summed E-state index contributed by atoms with van der Waals surface area (Å²) in [7, 11) is 0. The van der Waals surface area contributed by atoms with Gasteiger partial charge in [0.2, 0.25) is 0 Å². The van der Waals surface area contributed by atoms with E-state index < -0.39 is 30.5 Å². The summed E-state index contributed by atoms with van der Waals surface area (Å²) in [6.45, 7) is -0.594. The van der Waals surface area contributed by atoms with Gasteiger partial charge in [-0.25, -0.2) is 0 Å². The fourth-order valence-corrected chi connectivity index (χ4v) is 1.21. The number of amides is 1. The summed E-state index contributed by atoms with van der Waals surface area (Å²) >= 11 is 0. The zero-order valence-corrected chi connectivity index (χ0v) is 9.65. The highest BCUT2D eigenvalue weighted by Gasteiger charge is 2.76. The molecule has 0 spiro atoms. The van der Waals surface area contributed by atoms with Gasteiger partial charge in [-0.1, -0.05) is 30.3 Å². The van der Waals surface area contributed by atoms with Gasteiger partial charge in [0.1, 0.15) is 0 Å². The van der Waals surface area contributed by atoms with Crippen LogP contribution in [0.25, 0.3) is 0 Å². The van der Waals surface area contributed by atoms with Gasteiger partial charge in [0.25, 0.3) is 5.91 Å². The maximum Gasteiger partial charge on any atom is 0.460 e. The van der Waals surface area contributed by atoms with Crippen LogP contribution in [0.15, 0.2) is 30.3 Å². The highest BCUT2D eigenvalue weighted by molar-refractivity contribution is 5.84. The van der Waals surface area contributed by atoms with Crippen molar-refractivity contribution in [3.63, 3.8) is 0 Å². The summed E-state index contributed by atoms with van der Waals surface area (Å²) < 4.78 is 86.4. The van der Waals surface area contributed by atoms with Crippen LogP contribution in [0, 0.1) is 0 Å². The summed E-state index contributed by atoms with van der Waals surface area (Å²) in [4.78, 5) is 10.9. The Morgan fingerprint density at radius 3 is 1.90 bits per heavy atom. The lowest BCUT2D eigenvalue weighted by Gasteiger charge is -2.27. The van der Waals surface area contributed by atoms with Crippen molar-refractivity contribution < 1.29 is 35.5 Å². The van der Waals surface area contributed by atoms with Gasteiger partial charge >= 0.3 is 18.0 Å². The predicted molar refractivity (Wildman–Crippen MR) is 54.2 cm³/mol. The van der Waals surface area contributed by atoms with E-state index >= 15 is 0 Å². The average Bonchev–Trinajstić information content (AvgIpc) is 2.35. The number of benzene rings is 1. The third-order valence-corrected chi connectivity index (χ3v) is 2.33. The topological polar surface area (TPSA) is 29.1 Å². The summed E-state index contributed by atoms with van der Waals surface area (Å²) in [6.07, 6.45) is -6.53. The molecule has 1 aromatic carbocycles. The molecule has 0 bridgehead atoms. The van der Waals surface area contributed by atoms with Crippen LogP contribution >= 0.6 is 0 Å². The largest absolute Gasteiger partial charge is 0.460 e. The van der Waals surface area contributed by atoms with Gasteiger partial charge in [0.15, 0.2) is 0 Å². The van der Waals surface area contributed by atoms with Gasteiger partial charge in [0.05, 0.1) is 0 Å². The van der Waals surface area contributed by atoms with Crippen LogP contribution < -0.4 is 5.32 Å². The van der Waals surface area contributed by atoms with Crippen molar-refractivity contribution in [1.29, 1.82) is 0 Å². The molecule has 0 heterocycles. The molecule has 0 saturated heterocycles. The van der Waals surface area contributed by atoms with Crippen molar-refractivity contribution in [3.05, 3.63) is 35.9 Å². The van der Waals surface area contributed by atoms with Crippen LogP contribution in [0.3, 0.4) is 0 Å². The van der Waals surface area contributed by atoms with Crippen molar-refractivity contribution in [2.75, 3.05) is 0 Å². The Labute approximate surface area is 108 Å². The molecule has 2 nitrogen and oxygen atoms in total. The van der Waals surface area contributed by atoms with Gasteiger partial charge in [-0.15, -0.1) is 0 Å². The van der Waals surface area contributed by atoms with Crippen LogP contribution in [0.2, 0.25) is 0 Å². The standard InChI is InChI=1S/C11H8F7NO/c12-9(13,10(14,15)11(16,17)18)8(20)19-6-7-4-2-1-3-5-7/h1-5H,6H2,(H,19,20). The number of halogens is 7. The van der Waals surface area contributed by atoms with Crippen molar-refractivity contribution in [3.8, 4) is 0 Å². The molecule has 0 unspecified atom stereocenters. The summed E-state index contributed by atoms with van der Waals surface area (Å²) in [5.41, 5.74) is 0.270. The molecule has 1 N–H and O–H groups in total. The second kappa shape index (κ2) is 5.29. The number of alkyl halides is 7. The Bertz CT molecular complexity index is 469. The van der Waals surface area contributed by atoms with Crippen LogP contribution in [0.1, 0.15) is 5.56 Å². The van der Waals surface area contributed by atoms with E-state index in [1.165, 1.54) is 29.6 Å². The van der Waals surface area contributed by atoms with E-state index in [4.69, 9.17) is 0 Å². The Hall–Kier alpha value is -1.80. The third kappa shape index (κ3) is 3.02. The molecule has 0 fully saturated rings. The van der Waals surface area contributed by atoms with Crippen LogP contribution in [0.5, 0.6) is 0 Å². The second-order valence-electron chi connectivity index (χ2n) is 3.81. The number of nitrogens with one attached hydrogen (secondary N) is 1. The molecule has 112 valence electrons. The number of carbonyl (C=O) groups is 1. The molecule has 0 aliphatic rings. The molecule has 9 heteroatoms. The van der Waals surface area contributed by atoms with E-state index in [9.17, 15) is 35.5 Å². The van der Waals surface area contributed by atoms with E-state index in [0.717, 1.165) is 0 Å². The highest BCUT2D eigenvalue weighted by Crippen LogP contribution is 2.46.